The van der Waals surface area contributed by atoms with E-state index in [1.165, 1.54) is 0 Å². The highest BCUT2D eigenvalue weighted by atomic mass is 16.4. The van der Waals surface area contributed by atoms with Crippen LogP contribution in [0.3, 0.4) is 0 Å². The molecule has 25 heavy (non-hydrogen) atoms. The Morgan fingerprint density at radius 2 is 2.12 bits per heavy atom. The van der Waals surface area contributed by atoms with Gasteiger partial charge in [0.1, 0.15) is 11.6 Å². The zero-order valence-electron chi connectivity index (χ0n) is 14.4. The summed E-state index contributed by atoms with van der Waals surface area (Å²) in [6, 6.07) is 7.26. The van der Waals surface area contributed by atoms with E-state index in [0.29, 0.717) is 29.8 Å². The molecule has 1 N–H and O–H groups in total. The Morgan fingerprint density at radius 3 is 2.80 bits per heavy atom. The Bertz CT molecular complexity index is 838. The topological polar surface area (TPSA) is 84.4 Å². The van der Waals surface area contributed by atoms with Crippen molar-refractivity contribution in [2.75, 3.05) is 18.9 Å². The van der Waals surface area contributed by atoms with Gasteiger partial charge in [0.2, 0.25) is 5.91 Å². The van der Waals surface area contributed by atoms with E-state index in [-0.39, 0.29) is 12.5 Å². The molecular weight excluding hydrogens is 320 g/mol. The number of carbonyl (C=O) groups is 1. The number of carbonyl (C=O) groups excluding carboxylic acids is 1. The van der Waals surface area contributed by atoms with E-state index in [9.17, 15) is 4.79 Å². The normalized spacial score (nSPS) is 11.0. The van der Waals surface area contributed by atoms with Crippen LogP contribution in [0.5, 0.6) is 0 Å². The molecule has 0 aliphatic rings. The van der Waals surface area contributed by atoms with Crippen LogP contribution in [0.15, 0.2) is 45.6 Å². The van der Waals surface area contributed by atoms with Gasteiger partial charge in [-0.15, -0.1) is 0 Å². The summed E-state index contributed by atoms with van der Waals surface area (Å²) in [5, 5.41) is 2.78. The van der Waals surface area contributed by atoms with E-state index >= 15 is 0 Å². The number of aromatic nitrogens is 2. The number of rotatable bonds is 6. The van der Waals surface area contributed by atoms with Gasteiger partial charge >= 0.3 is 0 Å². The molecule has 0 unspecified atom stereocenters. The van der Waals surface area contributed by atoms with Gasteiger partial charge in [-0.1, -0.05) is 6.07 Å². The van der Waals surface area contributed by atoms with Crippen LogP contribution < -0.4 is 5.32 Å². The maximum Gasteiger partial charge on any atom is 0.263 e. The molecule has 0 radical (unpaired) electrons. The first-order chi connectivity index (χ1) is 12.0. The summed E-state index contributed by atoms with van der Waals surface area (Å²) in [6.07, 6.45) is 3.29. The van der Waals surface area contributed by atoms with Crippen LogP contribution in [-0.2, 0) is 11.3 Å². The highest BCUT2D eigenvalue weighted by Crippen LogP contribution is 2.22. The van der Waals surface area contributed by atoms with Crippen LogP contribution in [-0.4, -0.2) is 34.4 Å². The molecule has 130 valence electrons. The maximum absolute atomic E-state index is 12.1. The Balaban J connectivity index is 1.58. The van der Waals surface area contributed by atoms with E-state index in [2.05, 4.69) is 15.3 Å². The van der Waals surface area contributed by atoms with Crippen molar-refractivity contribution in [2.24, 2.45) is 0 Å². The van der Waals surface area contributed by atoms with Crippen molar-refractivity contribution < 1.29 is 13.6 Å². The minimum atomic E-state index is -0.133. The predicted molar refractivity (Wildman–Crippen MR) is 92.9 cm³/mol. The fraction of sp³-hybridized carbons (Fsp3) is 0.278. The average Bonchev–Trinajstić information content (AvgIpc) is 3.20. The van der Waals surface area contributed by atoms with Crippen molar-refractivity contribution in [1.29, 1.82) is 0 Å². The molecule has 0 atom stereocenters. The minimum Gasteiger partial charge on any atom is -0.459 e. The van der Waals surface area contributed by atoms with E-state index in [1.54, 1.807) is 30.7 Å². The fourth-order valence-electron chi connectivity index (χ4n) is 2.36. The second-order valence-corrected chi connectivity index (χ2v) is 5.94. The van der Waals surface area contributed by atoms with Crippen molar-refractivity contribution in [3.8, 4) is 11.7 Å². The van der Waals surface area contributed by atoms with E-state index in [1.807, 2.05) is 31.9 Å². The van der Waals surface area contributed by atoms with Gasteiger partial charge in [0.05, 0.1) is 18.5 Å². The van der Waals surface area contributed by atoms with E-state index < -0.39 is 0 Å². The monoisotopic (exact) mass is 340 g/mol. The molecule has 7 nitrogen and oxygen atoms in total. The number of hydrogen-bond acceptors (Lipinski definition) is 6. The number of aryl methyl sites for hydroxylation is 2. The molecule has 3 aromatic rings. The molecule has 1 amide bonds. The van der Waals surface area contributed by atoms with Gasteiger partial charge in [-0.2, -0.15) is 0 Å². The number of amides is 1. The smallest absolute Gasteiger partial charge is 0.263 e. The van der Waals surface area contributed by atoms with Crippen LogP contribution >= 0.6 is 0 Å². The lowest BCUT2D eigenvalue weighted by molar-refractivity contribution is -0.117. The molecule has 7 heteroatoms. The molecule has 0 saturated heterocycles. The number of hydrogen-bond donors (Lipinski definition) is 1. The molecule has 3 heterocycles. The average molecular weight is 340 g/mol. The van der Waals surface area contributed by atoms with Gasteiger partial charge < -0.3 is 14.2 Å². The summed E-state index contributed by atoms with van der Waals surface area (Å²) in [6.45, 7) is 4.51. The number of oxazole rings is 1. The van der Waals surface area contributed by atoms with Gasteiger partial charge in [0.25, 0.3) is 5.89 Å². The van der Waals surface area contributed by atoms with Crippen molar-refractivity contribution in [3.05, 3.63) is 53.7 Å². The Kier molecular flexibility index (Phi) is 4.95. The summed E-state index contributed by atoms with van der Waals surface area (Å²) in [4.78, 5) is 22.6. The van der Waals surface area contributed by atoms with Gasteiger partial charge in [-0.3, -0.25) is 9.69 Å². The van der Waals surface area contributed by atoms with Crippen LogP contribution in [0.4, 0.5) is 5.82 Å². The molecule has 3 aromatic heterocycles. The zero-order valence-corrected chi connectivity index (χ0v) is 14.4. The van der Waals surface area contributed by atoms with Crippen molar-refractivity contribution in [3.63, 3.8) is 0 Å². The van der Waals surface area contributed by atoms with Crippen molar-refractivity contribution >= 4 is 11.7 Å². The molecule has 3 rings (SSSR count). The van der Waals surface area contributed by atoms with Gasteiger partial charge in [0, 0.05) is 12.7 Å². The second kappa shape index (κ2) is 7.31. The number of pyridine rings is 1. The third-order valence-electron chi connectivity index (χ3n) is 3.64. The Labute approximate surface area is 145 Å². The standard InChI is InChI=1S/C18H20N4O3/c1-12-6-7-16(19-9-12)21-17(23)11-22(3)10-14-13(2)25-18(20-14)15-5-4-8-24-15/h4-9H,10-11H2,1-3H3,(H,19,21,23). The fourth-order valence-corrected chi connectivity index (χ4v) is 2.36. The molecule has 0 bridgehead atoms. The SMILES string of the molecule is Cc1ccc(NC(=O)CN(C)Cc2nc(-c3ccco3)oc2C)nc1. The van der Waals surface area contributed by atoms with E-state index in [0.717, 1.165) is 11.3 Å². The summed E-state index contributed by atoms with van der Waals surface area (Å²) in [5.41, 5.74) is 1.82. The maximum atomic E-state index is 12.1. The zero-order chi connectivity index (χ0) is 17.8. The van der Waals surface area contributed by atoms with Crippen molar-refractivity contribution in [2.45, 2.75) is 20.4 Å². The first-order valence-electron chi connectivity index (χ1n) is 7.92. The summed E-state index contributed by atoms with van der Waals surface area (Å²) < 4.78 is 10.9. The summed E-state index contributed by atoms with van der Waals surface area (Å²) in [7, 11) is 1.85. The number of anilines is 1. The largest absolute Gasteiger partial charge is 0.459 e. The summed E-state index contributed by atoms with van der Waals surface area (Å²) in [5.74, 6) is 2.14. The number of nitrogens with one attached hydrogen (secondary N) is 1. The number of furan rings is 1. The lowest BCUT2D eigenvalue weighted by Crippen LogP contribution is -2.30. The molecule has 0 saturated carbocycles. The quantitative estimate of drug-likeness (QED) is 0.742. The van der Waals surface area contributed by atoms with Crippen LogP contribution in [0.2, 0.25) is 0 Å². The van der Waals surface area contributed by atoms with Gasteiger partial charge in [0.15, 0.2) is 5.76 Å². The van der Waals surface area contributed by atoms with Crippen LogP contribution in [0, 0.1) is 13.8 Å². The Hall–Kier alpha value is -2.93. The third-order valence-corrected chi connectivity index (χ3v) is 3.64. The highest BCUT2D eigenvalue weighted by Gasteiger charge is 2.16. The Morgan fingerprint density at radius 1 is 1.28 bits per heavy atom. The molecule has 0 fully saturated rings. The summed E-state index contributed by atoms with van der Waals surface area (Å²) >= 11 is 0. The second-order valence-electron chi connectivity index (χ2n) is 5.94. The van der Waals surface area contributed by atoms with E-state index in [4.69, 9.17) is 8.83 Å². The molecular formula is C18H20N4O3. The lowest BCUT2D eigenvalue weighted by atomic mass is 10.3. The van der Waals surface area contributed by atoms with Crippen LogP contribution in [0.1, 0.15) is 17.0 Å². The number of nitrogens with zero attached hydrogens (tertiary/aromatic N) is 3. The first kappa shape index (κ1) is 16.9. The predicted octanol–water partition coefficient (Wildman–Crippen LogP) is 3.02. The van der Waals surface area contributed by atoms with Gasteiger partial charge in [-0.25, -0.2) is 9.97 Å². The molecule has 0 aliphatic heterocycles. The van der Waals surface area contributed by atoms with Gasteiger partial charge in [-0.05, 0) is 44.7 Å². The molecule has 0 aliphatic carbocycles. The van der Waals surface area contributed by atoms with Crippen molar-refractivity contribution in [1.82, 2.24) is 14.9 Å². The molecule has 0 aromatic carbocycles. The van der Waals surface area contributed by atoms with Crippen LogP contribution in [0.25, 0.3) is 11.7 Å². The molecule has 0 spiro atoms. The first-order valence-corrected chi connectivity index (χ1v) is 7.92. The number of likely N-dealkylation sites (N-methyl/N-ethyl adjacent to an activating group) is 1. The highest BCUT2D eigenvalue weighted by molar-refractivity contribution is 5.91. The lowest BCUT2D eigenvalue weighted by Gasteiger charge is -2.14. The third kappa shape index (κ3) is 4.33. The minimum absolute atomic E-state index is 0.133.